The highest BCUT2D eigenvalue weighted by molar-refractivity contribution is 7.89. The number of hydrogen-bond donors (Lipinski definition) is 3. The van der Waals surface area contributed by atoms with Crippen molar-refractivity contribution < 1.29 is 8.42 Å². The summed E-state index contributed by atoms with van der Waals surface area (Å²) >= 11 is 0. The molecule has 3 aromatic heterocycles. The second-order valence-electron chi connectivity index (χ2n) is 6.63. The van der Waals surface area contributed by atoms with Gasteiger partial charge in [0, 0.05) is 31.7 Å². The minimum Gasteiger partial charge on any atom is -0.371 e. The molecular formula is C19H22N6O2S. The lowest BCUT2D eigenvalue weighted by Crippen LogP contribution is -2.24. The minimum atomic E-state index is -3.23. The zero-order chi connectivity index (χ0) is 19.9. The normalized spacial score (nSPS) is 12.1. The highest BCUT2D eigenvalue weighted by atomic mass is 32.2. The fourth-order valence-corrected chi connectivity index (χ4v) is 3.86. The zero-order valence-electron chi connectivity index (χ0n) is 15.9. The maximum absolute atomic E-state index is 11.7. The van der Waals surface area contributed by atoms with E-state index in [4.69, 9.17) is 0 Å². The molecule has 0 amide bonds. The molecular weight excluding hydrogens is 376 g/mol. The summed E-state index contributed by atoms with van der Waals surface area (Å²) in [5.74, 6) is 0.786. The molecule has 146 valence electrons. The van der Waals surface area contributed by atoms with Gasteiger partial charge in [-0.1, -0.05) is 18.2 Å². The van der Waals surface area contributed by atoms with Gasteiger partial charge in [-0.15, -0.1) is 0 Å². The first-order chi connectivity index (χ1) is 13.4. The average Bonchev–Trinajstić information content (AvgIpc) is 3.29. The molecule has 4 aromatic rings. The van der Waals surface area contributed by atoms with Crippen molar-refractivity contribution in [1.29, 1.82) is 0 Å². The van der Waals surface area contributed by atoms with Crippen LogP contribution < -0.4 is 10.0 Å². The Morgan fingerprint density at radius 3 is 2.82 bits per heavy atom. The first-order valence-electron chi connectivity index (χ1n) is 9.00. The fourth-order valence-electron chi connectivity index (χ4n) is 3.27. The Bertz CT molecular complexity index is 1270. The monoisotopic (exact) mass is 398 g/mol. The number of sulfonamides is 1. The number of aromatic amines is 1. The van der Waals surface area contributed by atoms with E-state index in [9.17, 15) is 8.42 Å². The van der Waals surface area contributed by atoms with E-state index in [0.29, 0.717) is 0 Å². The third kappa shape index (κ3) is 3.23. The molecule has 0 aliphatic rings. The molecule has 0 aliphatic heterocycles. The number of aryl methyl sites for hydroxylation is 1. The summed E-state index contributed by atoms with van der Waals surface area (Å²) < 4.78 is 28.0. The molecule has 0 saturated heterocycles. The van der Waals surface area contributed by atoms with Crippen molar-refractivity contribution >= 4 is 37.9 Å². The number of benzene rings is 1. The lowest BCUT2D eigenvalue weighted by atomic mass is 10.1. The van der Waals surface area contributed by atoms with E-state index < -0.39 is 10.0 Å². The predicted octanol–water partition coefficient (Wildman–Crippen LogP) is 2.60. The lowest BCUT2D eigenvalue weighted by molar-refractivity contribution is 0.582. The number of pyridine rings is 1. The zero-order valence-corrected chi connectivity index (χ0v) is 16.8. The Hall–Kier alpha value is -2.91. The third-order valence-corrected chi connectivity index (χ3v) is 6.13. The van der Waals surface area contributed by atoms with Gasteiger partial charge in [0.15, 0.2) is 5.82 Å². The van der Waals surface area contributed by atoms with Crippen molar-refractivity contribution in [3.05, 3.63) is 42.2 Å². The van der Waals surface area contributed by atoms with Gasteiger partial charge in [-0.3, -0.25) is 0 Å². The minimum absolute atomic E-state index is 0.0644. The van der Waals surface area contributed by atoms with Gasteiger partial charge in [0.1, 0.15) is 11.2 Å². The molecule has 9 heteroatoms. The first kappa shape index (κ1) is 18.5. The molecule has 0 saturated carbocycles. The van der Waals surface area contributed by atoms with Crippen molar-refractivity contribution in [2.75, 3.05) is 18.1 Å². The highest BCUT2D eigenvalue weighted by Gasteiger charge is 2.15. The topological polar surface area (TPSA) is 105 Å². The summed E-state index contributed by atoms with van der Waals surface area (Å²) in [5.41, 5.74) is 5.37. The van der Waals surface area contributed by atoms with Crippen molar-refractivity contribution in [1.82, 2.24) is 24.2 Å². The van der Waals surface area contributed by atoms with Crippen LogP contribution in [0, 0.1) is 0 Å². The second kappa shape index (κ2) is 6.92. The van der Waals surface area contributed by atoms with Crippen molar-refractivity contribution in [2.45, 2.75) is 13.5 Å². The van der Waals surface area contributed by atoms with Crippen LogP contribution in [0.1, 0.15) is 12.5 Å². The van der Waals surface area contributed by atoms with Crippen LogP contribution in [0.5, 0.6) is 0 Å². The van der Waals surface area contributed by atoms with Gasteiger partial charge >= 0.3 is 0 Å². The molecule has 0 unspecified atom stereocenters. The molecule has 3 N–H and O–H groups in total. The summed E-state index contributed by atoms with van der Waals surface area (Å²) in [6.45, 7) is 1.88. The van der Waals surface area contributed by atoms with E-state index in [1.165, 1.54) is 0 Å². The Labute approximate surface area is 163 Å². The van der Waals surface area contributed by atoms with Crippen molar-refractivity contribution in [2.24, 2.45) is 7.05 Å². The Balaban J connectivity index is 1.77. The van der Waals surface area contributed by atoms with E-state index in [-0.39, 0.29) is 12.3 Å². The maximum Gasteiger partial charge on any atom is 0.211 e. The largest absolute Gasteiger partial charge is 0.371 e. The van der Waals surface area contributed by atoms with Crippen LogP contribution >= 0.6 is 0 Å². The molecule has 4 rings (SSSR count). The summed E-state index contributed by atoms with van der Waals surface area (Å²) in [4.78, 5) is 12.5. The molecule has 3 heterocycles. The molecule has 0 radical (unpaired) electrons. The summed E-state index contributed by atoms with van der Waals surface area (Å²) in [7, 11) is 0.556. The number of rotatable bonds is 6. The second-order valence-corrected chi connectivity index (χ2v) is 8.73. The molecule has 8 nitrogen and oxygen atoms in total. The average molecular weight is 398 g/mol. The standard InChI is InChI=1S/C19H22N6O2S/c1-4-28(26,27)22-10-12-6-5-7-13(8-12)15-9-14-17-16(21-11-25(17)3)19(20-2)24-18(14)23-15/h5-9,11,22H,4,10H2,1-3H3,(H2,20,23,24). The van der Waals surface area contributed by atoms with Gasteiger partial charge in [0.25, 0.3) is 0 Å². The van der Waals surface area contributed by atoms with Crippen LogP contribution in [-0.4, -0.2) is 40.7 Å². The molecule has 1 aromatic carbocycles. The number of aromatic nitrogens is 4. The Morgan fingerprint density at radius 2 is 2.07 bits per heavy atom. The Kier molecular flexibility index (Phi) is 4.56. The predicted molar refractivity (Wildman–Crippen MR) is 112 cm³/mol. The van der Waals surface area contributed by atoms with E-state index in [1.807, 2.05) is 42.9 Å². The van der Waals surface area contributed by atoms with Crippen LogP contribution in [0.15, 0.2) is 36.7 Å². The lowest BCUT2D eigenvalue weighted by Gasteiger charge is -2.06. The van der Waals surface area contributed by atoms with E-state index in [1.54, 1.807) is 13.3 Å². The summed E-state index contributed by atoms with van der Waals surface area (Å²) in [6, 6.07) is 9.84. The SMILES string of the molecule is CCS(=O)(=O)NCc1cccc(-c2cc3c(nc(NC)c4ncn(C)c43)[nH]2)c1. The van der Waals surface area contributed by atoms with Crippen LogP contribution in [0.25, 0.3) is 33.3 Å². The van der Waals surface area contributed by atoms with Crippen molar-refractivity contribution in [3.8, 4) is 11.3 Å². The van der Waals surface area contributed by atoms with Crippen LogP contribution in [0.4, 0.5) is 5.82 Å². The van der Waals surface area contributed by atoms with E-state index >= 15 is 0 Å². The number of imidazole rings is 1. The van der Waals surface area contributed by atoms with Gasteiger partial charge < -0.3 is 14.9 Å². The van der Waals surface area contributed by atoms with Crippen molar-refractivity contribution in [3.63, 3.8) is 0 Å². The number of hydrogen-bond acceptors (Lipinski definition) is 5. The van der Waals surface area contributed by atoms with Crippen LogP contribution in [0.3, 0.4) is 0 Å². The maximum atomic E-state index is 11.7. The number of nitrogens with one attached hydrogen (secondary N) is 3. The summed E-state index contributed by atoms with van der Waals surface area (Å²) in [5, 5.41) is 4.08. The van der Waals surface area contributed by atoms with Gasteiger partial charge in [0.2, 0.25) is 10.0 Å². The van der Waals surface area contributed by atoms with Crippen LogP contribution in [0.2, 0.25) is 0 Å². The Morgan fingerprint density at radius 1 is 1.25 bits per heavy atom. The highest BCUT2D eigenvalue weighted by Crippen LogP contribution is 2.31. The van der Waals surface area contributed by atoms with Gasteiger partial charge in [0.05, 0.1) is 17.6 Å². The molecule has 0 spiro atoms. The molecule has 0 aliphatic carbocycles. The quantitative estimate of drug-likeness (QED) is 0.463. The molecule has 0 atom stereocenters. The van der Waals surface area contributed by atoms with Gasteiger partial charge in [-0.2, -0.15) is 0 Å². The number of anilines is 1. The third-order valence-electron chi connectivity index (χ3n) is 4.79. The van der Waals surface area contributed by atoms with Gasteiger partial charge in [-0.25, -0.2) is 23.1 Å². The van der Waals surface area contributed by atoms with E-state index in [2.05, 4.69) is 31.1 Å². The first-order valence-corrected chi connectivity index (χ1v) is 10.6. The molecule has 0 bridgehead atoms. The van der Waals surface area contributed by atoms with E-state index in [0.717, 1.165) is 44.7 Å². The number of H-pyrrole nitrogens is 1. The smallest absolute Gasteiger partial charge is 0.211 e. The molecule has 28 heavy (non-hydrogen) atoms. The number of fused-ring (bicyclic) bond motifs is 3. The fraction of sp³-hybridized carbons (Fsp3) is 0.263. The molecule has 0 fully saturated rings. The van der Waals surface area contributed by atoms with Crippen LogP contribution in [-0.2, 0) is 23.6 Å². The summed E-state index contributed by atoms with van der Waals surface area (Å²) in [6.07, 6.45) is 1.78. The van der Waals surface area contributed by atoms with Gasteiger partial charge in [-0.05, 0) is 30.2 Å². The number of nitrogens with zero attached hydrogens (tertiary/aromatic N) is 3.